The maximum atomic E-state index is 12.1. The van der Waals surface area contributed by atoms with Gasteiger partial charge in [-0.25, -0.2) is 13.1 Å². The zero-order valence-electron chi connectivity index (χ0n) is 13.9. The van der Waals surface area contributed by atoms with Crippen molar-refractivity contribution in [3.63, 3.8) is 0 Å². The van der Waals surface area contributed by atoms with Crippen molar-refractivity contribution in [2.24, 2.45) is 0 Å². The number of rotatable bonds is 8. The van der Waals surface area contributed by atoms with Crippen LogP contribution < -0.4 is 15.4 Å². The van der Waals surface area contributed by atoms with Gasteiger partial charge in [0.25, 0.3) is 0 Å². The number of aryl methyl sites for hydroxylation is 1. The zero-order chi connectivity index (χ0) is 17.4. The van der Waals surface area contributed by atoms with Gasteiger partial charge >= 0.3 is 0 Å². The van der Waals surface area contributed by atoms with E-state index in [1.54, 1.807) is 24.3 Å². The highest BCUT2D eigenvalue weighted by molar-refractivity contribution is 7.89. The van der Waals surface area contributed by atoms with E-state index >= 15 is 0 Å². The molecule has 1 saturated heterocycles. The highest BCUT2D eigenvalue weighted by Crippen LogP contribution is 2.09. The van der Waals surface area contributed by atoms with Crippen molar-refractivity contribution in [3.05, 3.63) is 29.8 Å². The Morgan fingerprint density at radius 3 is 2.71 bits per heavy atom. The minimum Gasteiger partial charge on any atom is -0.375 e. The molecule has 1 aromatic carbocycles. The number of ether oxygens (including phenoxy) is 1. The first-order valence-electron chi connectivity index (χ1n) is 8.13. The second-order valence-electron chi connectivity index (χ2n) is 5.82. The van der Waals surface area contributed by atoms with Crippen LogP contribution in [-0.2, 0) is 19.6 Å². The lowest BCUT2D eigenvalue weighted by molar-refractivity contribution is -0.124. The van der Waals surface area contributed by atoms with Gasteiger partial charge in [0.15, 0.2) is 0 Å². The molecule has 1 atom stereocenters. The standard InChI is InChI=1S/C16H25N3O4S/c1-13-3-5-15(6-4-13)24(21,22)19-8-2-7-18-16(20)11-14-12-17-9-10-23-14/h3-6,14,17,19H,2,7-12H2,1H3,(H,18,20). The molecule has 3 N–H and O–H groups in total. The quantitative estimate of drug-likeness (QED) is 0.577. The van der Waals surface area contributed by atoms with E-state index in [0.717, 1.165) is 12.1 Å². The van der Waals surface area contributed by atoms with Crippen LogP contribution in [-0.4, -0.2) is 53.2 Å². The van der Waals surface area contributed by atoms with Crippen LogP contribution in [0, 0.1) is 6.92 Å². The minimum absolute atomic E-state index is 0.0786. The van der Waals surface area contributed by atoms with E-state index in [1.165, 1.54) is 0 Å². The Bertz CT molecular complexity index is 625. The SMILES string of the molecule is Cc1ccc(S(=O)(=O)NCCCNC(=O)CC2CNCCO2)cc1. The molecule has 0 bridgehead atoms. The van der Waals surface area contributed by atoms with Gasteiger partial charge in [-0.2, -0.15) is 0 Å². The Morgan fingerprint density at radius 2 is 2.04 bits per heavy atom. The van der Waals surface area contributed by atoms with E-state index in [-0.39, 0.29) is 23.5 Å². The Hall–Kier alpha value is -1.48. The second kappa shape index (κ2) is 9.12. The molecule has 1 aliphatic heterocycles. The molecule has 0 aliphatic carbocycles. The van der Waals surface area contributed by atoms with Gasteiger partial charge in [0, 0.05) is 26.2 Å². The third-order valence-corrected chi connectivity index (χ3v) is 5.19. The molecule has 1 heterocycles. The number of benzene rings is 1. The van der Waals surface area contributed by atoms with E-state index in [9.17, 15) is 13.2 Å². The van der Waals surface area contributed by atoms with Crippen molar-refractivity contribution in [2.45, 2.75) is 30.8 Å². The van der Waals surface area contributed by atoms with Crippen molar-refractivity contribution in [2.75, 3.05) is 32.8 Å². The largest absolute Gasteiger partial charge is 0.375 e. The summed E-state index contributed by atoms with van der Waals surface area (Å²) in [6, 6.07) is 6.68. The summed E-state index contributed by atoms with van der Waals surface area (Å²) in [5.41, 5.74) is 1.01. The van der Waals surface area contributed by atoms with E-state index in [2.05, 4.69) is 15.4 Å². The lowest BCUT2D eigenvalue weighted by Gasteiger charge is -2.23. The summed E-state index contributed by atoms with van der Waals surface area (Å²) in [6.07, 6.45) is 0.765. The first-order valence-corrected chi connectivity index (χ1v) is 9.61. The van der Waals surface area contributed by atoms with E-state index in [4.69, 9.17) is 4.74 Å². The van der Waals surface area contributed by atoms with Gasteiger partial charge in [-0.05, 0) is 25.5 Å². The van der Waals surface area contributed by atoms with Crippen LogP contribution in [0.3, 0.4) is 0 Å². The summed E-state index contributed by atoms with van der Waals surface area (Å²) in [6.45, 7) is 4.73. The average molecular weight is 355 g/mol. The number of hydrogen-bond acceptors (Lipinski definition) is 5. The third-order valence-electron chi connectivity index (χ3n) is 3.72. The normalized spacial score (nSPS) is 18.3. The molecule has 1 aliphatic rings. The summed E-state index contributed by atoms with van der Waals surface area (Å²) in [4.78, 5) is 12.0. The Morgan fingerprint density at radius 1 is 1.29 bits per heavy atom. The van der Waals surface area contributed by atoms with Crippen molar-refractivity contribution < 1.29 is 17.9 Å². The van der Waals surface area contributed by atoms with Crippen LogP contribution in [0.4, 0.5) is 0 Å². The molecule has 1 fully saturated rings. The molecule has 0 radical (unpaired) electrons. The maximum absolute atomic E-state index is 12.1. The van der Waals surface area contributed by atoms with Gasteiger partial charge in [0.05, 0.1) is 24.0 Å². The predicted octanol–water partition coefficient (Wildman–Crippen LogP) is 0.158. The second-order valence-corrected chi connectivity index (χ2v) is 7.58. The average Bonchev–Trinajstić information content (AvgIpc) is 2.56. The molecule has 0 spiro atoms. The van der Waals surface area contributed by atoms with Crippen LogP contribution in [0.1, 0.15) is 18.4 Å². The van der Waals surface area contributed by atoms with Crippen molar-refractivity contribution in [1.82, 2.24) is 15.4 Å². The molecule has 134 valence electrons. The summed E-state index contributed by atoms with van der Waals surface area (Å²) >= 11 is 0. The van der Waals surface area contributed by atoms with Gasteiger partial charge in [0.2, 0.25) is 15.9 Å². The minimum atomic E-state index is -3.49. The van der Waals surface area contributed by atoms with Crippen LogP contribution in [0.15, 0.2) is 29.2 Å². The Labute approximate surface area is 143 Å². The molecule has 1 amide bonds. The first-order chi connectivity index (χ1) is 11.5. The lowest BCUT2D eigenvalue weighted by Crippen LogP contribution is -2.41. The third kappa shape index (κ3) is 6.20. The molecule has 1 aromatic rings. The van der Waals surface area contributed by atoms with Crippen molar-refractivity contribution in [1.29, 1.82) is 0 Å². The molecule has 0 aromatic heterocycles. The molecule has 0 saturated carbocycles. The van der Waals surface area contributed by atoms with Crippen molar-refractivity contribution in [3.8, 4) is 0 Å². The van der Waals surface area contributed by atoms with E-state index < -0.39 is 10.0 Å². The summed E-state index contributed by atoms with van der Waals surface area (Å²) in [5.74, 6) is -0.0786. The fourth-order valence-corrected chi connectivity index (χ4v) is 3.43. The van der Waals surface area contributed by atoms with Gasteiger partial charge in [-0.1, -0.05) is 17.7 Å². The molecular weight excluding hydrogens is 330 g/mol. The Kier molecular flexibility index (Phi) is 7.16. The Balaban J connectivity index is 1.63. The monoisotopic (exact) mass is 355 g/mol. The number of amides is 1. The topological polar surface area (TPSA) is 96.5 Å². The first kappa shape index (κ1) is 18.9. The summed E-state index contributed by atoms with van der Waals surface area (Å²) in [7, 11) is -3.49. The fourth-order valence-electron chi connectivity index (χ4n) is 2.35. The predicted molar refractivity (Wildman–Crippen MR) is 91.2 cm³/mol. The van der Waals surface area contributed by atoms with Crippen LogP contribution in [0.25, 0.3) is 0 Å². The highest BCUT2D eigenvalue weighted by atomic mass is 32.2. The van der Waals surface area contributed by atoms with Crippen LogP contribution >= 0.6 is 0 Å². The zero-order valence-corrected chi connectivity index (χ0v) is 14.7. The fraction of sp³-hybridized carbons (Fsp3) is 0.562. The van der Waals surface area contributed by atoms with Gasteiger partial charge in [-0.3, -0.25) is 4.79 Å². The van der Waals surface area contributed by atoms with Crippen molar-refractivity contribution >= 4 is 15.9 Å². The lowest BCUT2D eigenvalue weighted by atomic mass is 10.2. The molecule has 1 unspecified atom stereocenters. The maximum Gasteiger partial charge on any atom is 0.240 e. The van der Waals surface area contributed by atoms with Gasteiger partial charge in [0.1, 0.15) is 0 Å². The van der Waals surface area contributed by atoms with Gasteiger partial charge < -0.3 is 15.4 Å². The number of sulfonamides is 1. The van der Waals surface area contributed by atoms with Gasteiger partial charge in [-0.15, -0.1) is 0 Å². The summed E-state index contributed by atoms with van der Waals surface area (Å²) < 4.78 is 32.2. The molecule has 7 nitrogen and oxygen atoms in total. The summed E-state index contributed by atoms with van der Waals surface area (Å²) in [5, 5.41) is 5.95. The molecule has 24 heavy (non-hydrogen) atoms. The van der Waals surface area contributed by atoms with E-state index in [0.29, 0.717) is 32.5 Å². The van der Waals surface area contributed by atoms with E-state index in [1.807, 2.05) is 6.92 Å². The number of nitrogens with one attached hydrogen (secondary N) is 3. The number of carbonyl (C=O) groups is 1. The number of morpholine rings is 1. The smallest absolute Gasteiger partial charge is 0.240 e. The number of carbonyl (C=O) groups excluding carboxylic acids is 1. The highest BCUT2D eigenvalue weighted by Gasteiger charge is 2.17. The number of hydrogen-bond donors (Lipinski definition) is 3. The molecular formula is C16H25N3O4S. The molecule has 8 heteroatoms. The van der Waals surface area contributed by atoms with Crippen LogP contribution in [0.2, 0.25) is 0 Å². The van der Waals surface area contributed by atoms with Crippen LogP contribution in [0.5, 0.6) is 0 Å². The molecule has 2 rings (SSSR count).